The van der Waals surface area contributed by atoms with Crippen molar-refractivity contribution in [2.45, 2.75) is 72.1 Å². The van der Waals surface area contributed by atoms with Gasteiger partial charge in [-0.1, -0.05) is 51.6 Å². The molecule has 92 valence electrons. The van der Waals surface area contributed by atoms with Crippen LogP contribution in [-0.2, 0) is 5.41 Å². The van der Waals surface area contributed by atoms with Crippen molar-refractivity contribution in [3.05, 3.63) is 17.0 Å². The van der Waals surface area contributed by atoms with Crippen LogP contribution in [0.2, 0.25) is 0 Å². The second-order valence-corrected chi connectivity index (χ2v) is 5.39. The van der Waals surface area contributed by atoms with E-state index in [0.717, 1.165) is 11.5 Å². The van der Waals surface area contributed by atoms with E-state index >= 15 is 0 Å². The number of hydrogen-bond donors (Lipinski definition) is 0. The molecule has 2 heteroatoms. The summed E-state index contributed by atoms with van der Waals surface area (Å²) < 4.78 is 5.26. The lowest BCUT2D eigenvalue weighted by Gasteiger charge is -2.24. The van der Waals surface area contributed by atoms with Gasteiger partial charge in [-0.2, -0.15) is 0 Å². The van der Waals surface area contributed by atoms with Gasteiger partial charge in [0.15, 0.2) is 0 Å². The number of hydrogen-bond acceptors (Lipinski definition) is 2. The molecule has 0 bridgehead atoms. The number of unbranched alkanes of at least 4 members (excludes halogenated alkanes) is 3. The van der Waals surface area contributed by atoms with E-state index < -0.39 is 0 Å². The molecule has 0 radical (unpaired) electrons. The Labute approximate surface area is 99.4 Å². The minimum absolute atomic E-state index is 0.196. The van der Waals surface area contributed by atoms with Gasteiger partial charge in [-0.25, -0.2) is 0 Å². The maximum Gasteiger partial charge on any atom is 0.137 e. The number of nitrogens with zero attached hydrogens (tertiary/aromatic N) is 1. The molecule has 0 atom stereocenters. The highest BCUT2D eigenvalue weighted by molar-refractivity contribution is 5.29. The third-order valence-corrected chi connectivity index (χ3v) is 3.37. The molecule has 2 nitrogen and oxygen atoms in total. The average Bonchev–Trinajstić information content (AvgIpc) is 2.54. The van der Waals surface area contributed by atoms with Crippen molar-refractivity contribution < 1.29 is 4.52 Å². The molecular formula is C14H25NO. The molecule has 1 aromatic heterocycles. The molecule has 0 N–H and O–H groups in total. The zero-order valence-corrected chi connectivity index (χ0v) is 11.4. The lowest BCUT2D eigenvalue weighted by Crippen LogP contribution is -2.18. The fraction of sp³-hybridized carbons (Fsp3) is 0.786. The molecule has 0 fully saturated rings. The molecule has 0 amide bonds. The second-order valence-electron chi connectivity index (χ2n) is 5.39. The van der Waals surface area contributed by atoms with Gasteiger partial charge >= 0.3 is 0 Å². The van der Waals surface area contributed by atoms with E-state index in [9.17, 15) is 0 Å². The fourth-order valence-electron chi connectivity index (χ4n) is 2.57. The maximum absolute atomic E-state index is 5.26. The van der Waals surface area contributed by atoms with Crippen molar-refractivity contribution in [1.29, 1.82) is 0 Å². The van der Waals surface area contributed by atoms with Crippen LogP contribution in [0.25, 0.3) is 0 Å². The van der Waals surface area contributed by atoms with Gasteiger partial charge in [-0.05, 0) is 25.7 Å². The Morgan fingerprint density at radius 2 is 1.81 bits per heavy atom. The van der Waals surface area contributed by atoms with Crippen molar-refractivity contribution in [3.63, 3.8) is 0 Å². The van der Waals surface area contributed by atoms with Crippen LogP contribution < -0.4 is 0 Å². The molecule has 0 saturated carbocycles. The highest BCUT2D eigenvalue weighted by atomic mass is 16.5. The Kier molecular flexibility index (Phi) is 4.57. The third kappa shape index (κ3) is 3.10. The van der Waals surface area contributed by atoms with Gasteiger partial charge in [0.05, 0.1) is 5.69 Å². The van der Waals surface area contributed by atoms with E-state index in [2.05, 4.69) is 25.9 Å². The van der Waals surface area contributed by atoms with Crippen LogP contribution in [0.1, 0.15) is 69.9 Å². The van der Waals surface area contributed by atoms with Crippen LogP contribution in [0.3, 0.4) is 0 Å². The van der Waals surface area contributed by atoms with E-state index in [-0.39, 0.29) is 5.41 Å². The fourth-order valence-corrected chi connectivity index (χ4v) is 2.57. The normalized spacial score (nSPS) is 12.1. The predicted molar refractivity (Wildman–Crippen MR) is 67.8 cm³/mol. The monoisotopic (exact) mass is 223 g/mol. The number of aromatic nitrogens is 1. The summed E-state index contributed by atoms with van der Waals surface area (Å²) in [5.74, 6) is 0.984. The zero-order valence-electron chi connectivity index (χ0n) is 11.4. The summed E-state index contributed by atoms with van der Waals surface area (Å²) >= 11 is 0. The lowest BCUT2D eigenvalue weighted by atomic mass is 9.79. The summed E-state index contributed by atoms with van der Waals surface area (Å²) in [6, 6.07) is 0. The van der Waals surface area contributed by atoms with Crippen molar-refractivity contribution in [3.8, 4) is 0 Å². The first-order valence-corrected chi connectivity index (χ1v) is 6.42. The van der Waals surface area contributed by atoms with Crippen molar-refractivity contribution in [2.24, 2.45) is 0 Å². The first kappa shape index (κ1) is 13.3. The van der Waals surface area contributed by atoms with Crippen molar-refractivity contribution in [2.75, 3.05) is 0 Å². The van der Waals surface area contributed by atoms with E-state index in [1.807, 2.05) is 13.8 Å². The van der Waals surface area contributed by atoms with E-state index in [1.54, 1.807) is 0 Å². The van der Waals surface area contributed by atoms with E-state index in [1.165, 1.54) is 37.7 Å². The topological polar surface area (TPSA) is 26.0 Å². The Hall–Kier alpha value is -0.790. The molecule has 16 heavy (non-hydrogen) atoms. The van der Waals surface area contributed by atoms with E-state index in [0.29, 0.717) is 0 Å². The highest BCUT2D eigenvalue weighted by Gasteiger charge is 2.27. The Morgan fingerprint density at radius 3 is 2.31 bits per heavy atom. The van der Waals surface area contributed by atoms with Crippen LogP contribution in [0.4, 0.5) is 0 Å². The molecule has 0 aliphatic heterocycles. The van der Waals surface area contributed by atoms with Crippen molar-refractivity contribution >= 4 is 0 Å². The Morgan fingerprint density at radius 1 is 1.12 bits per heavy atom. The zero-order chi connectivity index (χ0) is 12.2. The van der Waals surface area contributed by atoms with Gasteiger partial charge in [0.25, 0.3) is 0 Å². The van der Waals surface area contributed by atoms with Gasteiger partial charge in [0.1, 0.15) is 5.76 Å². The van der Waals surface area contributed by atoms with Crippen LogP contribution in [-0.4, -0.2) is 5.16 Å². The highest BCUT2D eigenvalue weighted by Crippen LogP contribution is 2.33. The second kappa shape index (κ2) is 5.51. The molecule has 0 aliphatic carbocycles. The summed E-state index contributed by atoms with van der Waals surface area (Å²) in [7, 11) is 0. The molecule has 0 aliphatic rings. The number of rotatable bonds is 6. The first-order valence-electron chi connectivity index (χ1n) is 6.42. The SMILES string of the molecule is CCCCCCC(C)(C)c1c(C)noc1C. The molecule has 1 aromatic rings. The summed E-state index contributed by atoms with van der Waals surface area (Å²) in [6.45, 7) is 10.9. The molecule has 0 saturated heterocycles. The van der Waals surface area contributed by atoms with Crippen LogP contribution >= 0.6 is 0 Å². The molecule has 1 rings (SSSR count). The average molecular weight is 223 g/mol. The van der Waals surface area contributed by atoms with Gasteiger partial charge < -0.3 is 4.52 Å². The summed E-state index contributed by atoms with van der Waals surface area (Å²) in [5.41, 5.74) is 2.56. The van der Waals surface area contributed by atoms with Gasteiger partial charge in [-0.3, -0.25) is 0 Å². The first-order chi connectivity index (χ1) is 7.49. The van der Waals surface area contributed by atoms with Gasteiger partial charge in [0, 0.05) is 5.56 Å². The summed E-state index contributed by atoms with van der Waals surface area (Å²) in [4.78, 5) is 0. The Bertz CT molecular complexity index is 306. The summed E-state index contributed by atoms with van der Waals surface area (Å²) in [6.07, 6.45) is 6.49. The Balaban J connectivity index is 2.63. The van der Waals surface area contributed by atoms with Crippen molar-refractivity contribution in [1.82, 2.24) is 5.16 Å². The summed E-state index contributed by atoms with van der Waals surface area (Å²) in [5, 5.41) is 4.05. The molecule has 0 spiro atoms. The largest absolute Gasteiger partial charge is 0.361 e. The minimum atomic E-state index is 0.196. The quantitative estimate of drug-likeness (QED) is 0.662. The predicted octanol–water partition coefficient (Wildman–Crippen LogP) is 4.54. The van der Waals surface area contributed by atoms with Gasteiger partial charge in [-0.15, -0.1) is 0 Å². The van der Waals surface area contributed by atoms with Crippen LogP contribution in [0, 0.1) is 13.8 Å². The van der Waals surface area contributed by atoms with E-state index in [4.69, 9.17) is 4.52 Å². The van der Waals surface area contributed by atoms with Gasteiger partial charge in [0.2, 0.25) is 0 Å². The molecule has 0 unspecified atom stereocenters. The number of aryl methyl sites for hydroxylation is 2. The molecule has 0 aromatic carbocycles. The lowest BCUT2D eigenvalue weighted by molar-refractivity contribution is 0.384. The standard InChI is InChI=1S/C14H25NO/c1-6-7-8-9-10-14(4,5)13-11(2)15-16-12(13)3/h6-10H2,1-5H3. The van der Waals surface area contributed by atoms with Crippen LogP contribution in [0.5, 0.6) is 0 Å². The smallest absolute Gasteiger partial charge is 0.137 e. The maximum atomic E-state index is 5.26. The molecular weight excluding hydrogens is 198 g/mol. The molecule has 1 heterocycles. The third-order valence-electron chi connectivity index (χ3n) is 3.37. The van der Waals surface area contributed by atoms with Crippen LogP contribution in [0.15, 0.2) is 4.52 Å². The minimum Gasteiger partial charge on any atom is -0.361 e.